The van der Waals surface area contributed by atoms with Gasteiger partial charge >= 0.3 is 6.18 Å². The Labute approximate surface area is 237 Å². The number of hydrogen-bond donors (Lipinski definition) is 2. The van der Waals surface area contributed by atoms with Gasteiger partial charge < -0.3 is 24.8 Å². The van der Waals surface area contributed by atoms with Gasteiger partial charge in [-0.05, 0) is 55.2 Å². The van der Waals surface area contributed by atoms with Crippen molar-refractivity contribution in [3.63, 3.8) is 0 Å². The van der Waals surface area contributed by atoms with Crippen molar-refractivity contribution >= 4 is 43.7 Å². The van der Waals surface area contributed by atoms with Crippen LogP contribution in [0.5, 0.6) is 0 Å². The van der Waals surface area contributed by atoms with Gasteiger partial charge in [0.15, 0.2) is 9.84 Å². The minimum absolute atomic E-state index is 0.0172. The van der Waals surface area contributed by atoms with E-state index in [1.807, 2.05) is 6.07 Å². The van der Waals surface area contributed by atoms with Crippen molar-refractivity contribution in [1.82, 2.24) is 9.47 Å². The van der Waals surface area contributed by atoms with Gasteiger partial charge in [-0.25, -0.2) is 8.42 Å². The van der Waals surface area contributed by atoms with Crippen LogP contribution >= 0.6 is 11.6 Å². The summed E-state index contributed by atoms with van der Waals surface area (Å²) < 4.78 is 70.4. The highest BCUT2D eigenvalue weighted by molar-refractivity contribution is 7.90. The quantitative estimate of drug-likeness (QED) is 0.329. The fourth-order valence-corrected chi connectivity index (χ4v) is 6.13. The number of anilines is 2. The molecule has 2 N–H and O–H groups in total. The molecule has 12 heteroatoms. The molecule has 4 rings (SSSR count). The number of hydrogen-bond acceptors (Lipinski definition) is 6. The second-order valence-corrected chi connectivity index (χ2v) is 12.2. The Morgan fingerprint density at radius 3 is 2.55 bits per heavy atom. The van der Waals surface area contributed by atoms with Crippen LogP contribution < -0.4 is 10.6 Å². The van der Waals surface area contributed by atoms with Gasteiger partial charge in [-0.2, -0.15) is 13.2 Å². The predicted molar refractivity (Wildman–Crippen MR) is 153 cm³/mol. The average molecular weight is 597 g/mol. The van der Waals surface area contributed by atoms with Gasteiger partial charge in [0.2, 0.25) is 0 Å². The molecular weight excluding hydrogens is 565 g/mol. The van der Waals surface area contributed by atoms with Crippen molar-refractivity contribution < 1.29 is 26.3 Å². The number of methoxy groups -OCH3 is 1. The summed E-state index contributed by atoms with van der Waals surface area (Å²) in [7, 11) is -1.77. The van der Waals surface area contributed by atoms with Crippen LogP contribution in [0.15, 0.2) is 47.4 Å². The number of nitrogens with one attached hydrogen (secondary N) is 2. The van der Waals surface area contributed by atoms with E-state index in [2.05, 4.69) is 27.4 Å². The first-order valence-corrected chi connectivity index (χ1v) is 15.1. The number of nitrogens with zero attached hydrogens (tertiary/aromatic N) is 2. The Morgan fingerprint density at radius 1 is 1.15 bits per heavy atom. The molecule has 1 fully saturated rings. The molecule has 2 aromatic carbocycles. The molecule has 0 atom stereocenters. The molecule has 0 saturated carbocycles. The van der Waals surface area contributed by atoms with Crippen molar-refractivity contribution in [2.24, 2.45) is 0 Å². The molecule has 2 heterocycles. The number of rotatable bonds is 9. The van der Waals surface area contributed by atoms with Gasteiger partial charge in [-0.3, -0.25) is 0 Å². The molecule has 3 aromatic rings. The zero-order valence-corrected chi connectivity index (χ0v) is 23.9. The number of halogens is 4. The van der Waals surface area contributed by atoms with E-state index in [4.69, 9.17) is 16.3 Å². The Balaban J connectivity index is 1.52. The fourth-order valence-electron chi connectivity index (χ4n) is 4.80. The van der Waals surface area contributed by atoms with Crippen molar-refractivity contribution in [1.29, 1.82) is 0 Å². The number of fused-ring (bicyclic) bond motifs is 1. The highest BCUT2D eigenvalue weighted by Gasteiger charge is 2.30. The van der Waals surface area contributed by atoms with Crippen molar-refractivity contribution in [3.05, 3.63) is 53.2 Å². The lowest BCUT2D eigenvalue weighted by Gasteiger charge is -2.32. The Morgan fingerprint density at radius 2 is 1.90 bits per heavy atom. The first-order valence-electron chi connectivity index (χ1n) is 12.8. The number of piperidine rings is 1. The van der Waals surface area contributed by atoms with Crippen LogP contribution in [-0.2, 0) is 21.1 Å². The summed E-state index contributed by atoms with van der Waals surface area (Å²) in [4.78, 5) is 2.36. The molecule has 0 amide bonds. The van der Waals surface area contributed by atoms with Crippen LogP contribution in [0.25, 0.3) is 10.9 Å². The summed E-state index contributed by atoms with van der Waals surface area (Å²) in [5.41, 5.74) is 2.04. The molecule has 216 valence electrons. The van der Waals surface area contributed by atoms with E-state index in [9.17, 15) is 21.6 Å². The molecule has 40 heavy (non-hydrogen) atoms. The van der Waals surface area contributed by atoms with Crippen LogP contribution in [0.1, 0.15) is 18.5 Å². The van der Waals surface area contributed by atoms with E-state index in [1.165, 1.54) is 16.7 Å². The summed E-state index contributed by atoms with van der Waals surface area (Å²) in [6.45, 7) is 2.39. The predicted octanol–water partition coefficient (Wildman–Crippen LogP) is 5.25. The summed E-state index contributed by atoms with van der Waals surface area (Å²) in [5.74, 6) is 5.75. The summed E-state index contributed by atoms with van der Waals surface area (Å²) in [6.07, 6.45) is -1.49. The number of ether oxygens (including phenoxy) is 1. The van der Waals surface area contributed by atoms with Crippen LogP contribution in [0, 0.1) is 11.8 Å². The van der Waals surface area contributed by atoms with Crippen molar-refractivity contribution in [3.8, 4) is 11.8 Å². The topological polar surface area (TPSA) is 75.6 Å². The zero-order valence-electron chi connectivity index (χ0n) is 22.3. The minimum atomic E-state index is -4.42. The van der Waals surface area contributed by atoms with Gasteiger partial charge in [-0.15, -0.1) is 0 Å². The monoisotopic (exact) mass is 596 g/mol. The molecule has 0 bridgehead atoms. The molecule has 0 aliphatic carbocycles. The lowest BCUT2D eigenvalue weighted by atomic mass is 10.0. The first-order chi connectivity index (χ1) is 18.9. The van der Waals surface area contributed by atoms with Gasteiger partial charge in [0, 0.05) is 55.8 Å². The molecule has 1 aromatic heterocycles. The van der Waals surface area contributed by atoms with E-state index in [1.54, 1.807) is 31.4 Å². The molecule has 0 spiro atoms. The molecule has 1 aliphatic heterocycles. The van der Waals surface area contributed by atoms with E-state index in [0.717, 1.165) is 44.4 Å². The maximum absolute atomic E-state index is 13.5. The second-order valence-electron chi connectivity index (χ2n) is 9.80. The number of sulfone groups is 1. The number of benzene rings is 2. The third-order valence-corrected chi connectivity index (χ3v) is 8.35. The lowest BCUT2D eigenvalue weighted by molar-refractivity contribution is -0.140. The van der Waals surface area contributed by atoms with Crippen molar-refractivity contribution in [2.45, 2.75) is 36.5 Å². The summed E-state index contributed by atoms with van der Waals surface area (Å²) in [6, 6.07) is 11.7. The van der Waals surface area contributed by atoms with Gasteiger partial charge in [0.25, 0.3) is 0 Å². The van der Waals surface area contributed by atoms with E-state index in [0.29, 0.717) is 23.2 Å². The average Bonchev–Trinajstić information content (AvgIpc) is 3.22. The highest BCUT2D eigenvalue weighted by atomic mass is 35.5. The van der Waals surface area contributed by atoms with Crippen LogP contribution in [0.2, 0.25) is 5.02 Å². The third-order valence-electron chi connectivity index (χ3n) is 6.77. The maximum Gasteiger partial charge on any atom is 0.406 e. The van der Waals surface area contributed by atoms with E-state index in [-0.39, 0.29) is 28.2 Å². The molecule has 0 radical (unpaired) electrons. The van der Waals surface area contributed by atoms with Crippen LogP contribution in [-0.4, -0.2) is 76.3 Å². The molecular formula is C28H32ClF3N4O3S. The molecule has 1 saturated heterocycles. The standard InChI is InChI=1S/C28H32ClF3N4O3S/c1-39-16-15-35-13-10-20(11-14-35)34-25-6-3-7-26-23(25)18-22(36(26)19-28(30,31)32)5-4-12-33-21-8-9-27(24(29)17-21)40(2,37)38/h3,6-9,17-18,20,33-34H,10-16,19H2,1-2H3. The Bertz CT molecular complexity index is 1500. The normalized spacial score (nSPS) is 15.2. The van der Waals surface area contributed by atoms with Crippen LogP contribution in [0.4, 0.5) is 24.5 Å². The largest absolute Gasteiger partial charge is 0.406 e. The maximum atomic E-state index is 13.5. The number of alkyl halides is 3. The van der Waals surface area contributed by atoms with E-state index < -0.39 is 22.6 Å². The van der Waals surface area contributed by atoms with Crippen LogP contribution in [0.3, 0.4) is 0 Å². The van der Waals surface area contributed by atoms with Crippen molar-refractivity contribution in [2.75, 3.05) is 56.8 Å². The second kappa shape index (κ2) is 12.7. The minimum Gasteiger partial charge on any atom is -0.383 e. The number of aromatic nitrogens is 1. The SMILES string of the molecule is COCCN1CCC(Nc2cccc3c2cc(C#CCNc2ccc(S(C)(=O)=O)c(Cl)c2)n3CC(F)(F)F)CC1. The third kappa shape index (κ3) is 7.85. The Hall–Kier alpha value is -2.91. The molecule has 7 nitrogen and oxygen atoms in total. The molecule has 0 unspecified atom stereocenters. The Kier molecular flexibility index (Phi) is 9.56. The van der Waals surface area contributed by atoms with E-state index >= 15 is 0 Å². The fraction of sp³-hybridized carbons (Fsp3) is 0.429. The molecule has 1 aliphatic rings. The summed E-state index contributed by atoms with van der Waals surface area (Å²) >= 11 is 6.08. The highest BCUT2D eigenvalue weighted by Crippen LogP contribution is 2.31. The smallest absolute Gasteiger partial charge is 0.383 e. The summed E-state index contributed by atoms with van der Waals surface area (Å²) in [5, 5.41) is 7.32. The van der Waals surface area contributed by atoms with Gasteiger partial charge in [0.1, 0.15) is 6.54 Å². The zero-order chi connectivity index (χ0) is 28.9. The lowest BCUT2D eigenvalue weighted by Crippen LogP contribution is -2.40. The van der Waals surface area contributed by atoms with Gasteiger partial charge in [-0.1, -0.05) is 23.6 Å². The first kappa shape index (κ1) is 30.1. The van der Waals surface area contributed by atoms with Gasteiger partial charge in [0.05, 0.1) is 34.3 Å². The number of likely N-dealkylation sites (tertiary alicyclic amines) is 1.